The molecule has 160 valence electrons. The van der Waals surface area contributed by atoms with E-state index in [4.69, 9.17) is 9.47 Å². The normalized spacial score (nSPS) is 18.8. The molecule has 3 heterocycles. The quantitative estimate of drug-likeness (QED) is 0.732. The number of ether oxygens (including phenoxy) is 2. The van der Waals surface area contributed by atoms with E-state index < -0.39 is 0 Å². The van der Waals surface area contributed by atoms with Crippen molar-refractivity contribution in [3.8, 4) is 5.75 Å². The van der Waals surface area contributed by atoms with Crippen molar-refractivity contribution in [3.05, 3.63) is 59.9 Å². The van der Waals surface area contributed by atoms with Crippen LogP contribution >= 0.6 is 0 Å². The molecule has 4 rings (SSSR count). The molecule has 2 aliphatic rings. The Balaban J connectivity index is 1.25. The molecular formula is C24H31N3O3. The Labute approximate surface area is 178 Å². The Kier molecular flexibility index (Phi) is 6.97. The Hall–Kier alpha value is -2.44. The van der Waals surface area contributed by atoms with Crippen LogP contribution in [0.5, 0.6) is 5.75 Å². The van der Waals surface area contributed by atoms with Crippen molar-refractivity contribution in [2.45, 2.75) is 44.4 Å². The van der Waals surface area contributed by atoms with Gasteiger partial charge >= 0.3 is 0 Å². The highest BCUT2D eigenvalue weighted by Gasteiger charge is 2.24. The fourth-order valence-corrected chi connectivity index (χ4v) is 4.22. The van der Waals surface area contributed by atoms with E-state index in [0.29, 0.717) is 5.56 Å². The smallest absolute Gasteiger partial charge is 0.253 e. The van der Waals surface area contributed by atoms with Crippen molar-refractivity contribution >= 4 is 5.91 Å². The Morgan fingerprint density at radius 2 is 1.83 bits per heavy atom. The number of aromatic nitrogens is 1. The van der Waals surface area contributed by atoms with Gasteiger partial charge in [0, 0.05) is 57.7 Å². The van der Waals surface area contributed by atoms with Crippen LogP contribution in [0.3, 0.4) is 0 Å². The molecule has 1 amide bonds. The maximum atomic E-state index is 12.8. The van der Waals surface area contributed by atoms with Gasteiger partial charge in [-0.25, -0.2) is 0 Å². The Morgan fingerprint density at radius 3 is 2.50 bits per heavy atom. The number of amides is 1. The van der Waals surface area contributed by atoms with Gasteiger partial charge in [0.05, 0.1) is 5.69 Å². The standard InChI is InChI=1S/C24H31N3O3/c1-26(21-11-16-29-17-12-21)24(28)19-5-7-22(8-6-19)30-23-9-14-27(15-10-23)18-20-4-2-3-13-25-20/h2-8,13,21,23H,9-12,14-18H2,1H3. The van der Waals surface area contributed by atoms with Crippen molar-refractivity contribution in [3.63, 3.8) is 0 Å². The van der Waals surface area contributed by atoms with E-state index in [1.807, 2.05) is 54.5 Å². The van der Waals surface area contributed by atoms with Crippen LogP contribution in [0.2, 0.25) is 0 Å². The molecular weight excluding hydrogens is 378 g/mol. The number of piperidine rings is 1. The highest BCUT2D eigenvalue weighted by atomic mass is 16.5. The molecule has 0 N–H and O–H groups in total. The van der Waals surface area contributed by atoms with E-state index in [1.54, 1.807) is 0 Å². The highest BCUT2D eigenvalue weighted by molar-refractivity contribution is 5.94. The van der Waals surface area contributed by atoms with Crippen LogP contribution in [0.25, 0.3) is 0 Å². The predicted molar refractivity (Wildman–Crippen MR) is 116 cm³/mol. The van der Waals surface area contributed by atoms with Crippen LogP contribution in [0, 0.1) is 0 Å². The van der Waals surface area contributed by atoms with Gasteiger partial charge in [-0.3, -0.25) is 14.7 Å². The maximum Gasteiger partial charge on any atom is 0.253 e. The summed E-state index contributed by atoms with van der Waals surface area (Å²) >= 11 is 0. The summed E-state index contributed by atoms with van der Waals surface area (Å²) in [5.41, 5.74) is 1.82. The van der Waals surface area contributed by atoms with Crippen molar-refractivity contribution in [1.82, 2.24) is 14.8 Å². The first-order valence-corrected chi connectivity index (χ1v) is 10.9. The zero-order valence-corrected chi connectivity index (χ0v) is 17.7. The lowest BCUT2D eigenvalue weighted by atomic mass is 10.1. The Bertz CT molecular complexity index is 798. The molecule has 1 aromatic carbocycles. The van der Waals surface area contributed by atoms with Crippen LogP contribution < -0.4 is 4.74 Å². The number of carbonyl (C=O) groups is 1. The maximum absolute atomic E-state index is 12.8. The Morgan fingerprint density at radius 1 is 1.10 bits per heavy atom. The molecule has 0 unspecified atom stereocenters. The molecule has 2 aromatic rings. The zero-order chi connectivity index (χ0) is 20.8. The van der Waals surface area contributed by atoms with Crippen LogP contribution in [0.4, 0.5) is 0 Å². The average Bonchev–Trinajstić information content (AvgIpc) is 2.81. The number of pyridine rings is 1. The summed E-state index contributed by atoms with van der Waals surface area (Å²) in [5.74, 6) is 0.903. The second-order valence-corrected chi connectivity index (χ2v) is 8.20. The molecule has 6 heteroatoms. The minimum absolute atomic E-state index is 0.0660. The number of benzene rings is 1. The van der Waals surface area contributed by atoms with Crippen molar-refractivity contribution in [1.29, 1.82) is 0 Å². The van der Waals surface area contributed by atoms with E-state index in [2.05, 4.69) is 16.0 Å². The first kappa shape index (κ1) is 20.8. The molecule has 0 bridgehead atoms. The number of hydrogen-bond donors (Lipinski definition) is 0. The van der Waals surface area contributed by atoms with Gasteiger partial charge in [0.1, 0.15) is 11.9 Å². The molecule has 2 fully saturated rings. The van der Waals surface area contributed by atoms with Gasteiger partial charge < -0.3 is 14.4 Å². The largest absolute Gasteiger partial charge is 0.490 e. The van der Waals surface area contributed by atoms with Crippen LogP contribution in [0.1, 0.15) is 41.7 Å². The summed E-state index contributed by atoms with van der Waals surface area (Å²) in [6.45, 7) is 4.37. The van der Waals surface area contributed by atoms with E-state index in [0.717, 1.165) is 70.0 Å². The second-order valence-electron chi connectivity index (χ2n) is 8.20. The fourth-order valence-electron chi connectivity index (χ4n) is 4.22. The molecule has 0 saturated carbocycles. The van der Waals surface area contributed by atoms with Crippen molar-refractivity contribution in [2.75, 3.05) is 33.4 Å². The summed E-state index contributed by atoms with van der Waals surface area (Å²) in [5, 5.41) is 0. The third kappa shape index (κ3) is 5.37. The summed E-state index contributed by atoms with van der Waals surface area (Å²) in [4.78, 5) is 21.5. The molecule has 0 atom stereocenters. The van der Waals surface area contributed by atoms with Crippen molar-refractivity contribution in [2.24, 2.45) is 0 Å². The summed E-state index contributed by atoms with van der Waals surface area (Å²) in [6.07, 6.45) is 5.88. The van der Waals surface area contributed by atoms with Crippen LogP contribution in [-0.4, -0.2) is 66.2 Å². The van der Waals surface area contributed by atoms with Gasteiger partial charge in [-0.15, -0.1) is 0 Å². The lowest BCUT2D eigenvalue weighted by molar-refractivity contribution is 0.0362. The average molecular weight is 410 g/mol. The molecule has 6 nitrogen and oxygen atoms in total. The van der Waals surface area contributed by atoms with Gasteiger partial charge in [0.2, 0.25) is 0 Å². The zero-order valence-electron chi connectivity index (χ0n) is 17.7. The lowest BCUT2D eigenvalue weighted by Gasteiger charge is -2.32. The highest BCUT2D eigenvalue weighted by Crippen LogP contribution is 2.22. The number of hydrogen-bond acceptors (Lipinski definition) is 5. The van der Waals surface area contributed by atoms with Gasteiger partial charge in [0.25, 0.3) is 5.91 Å². The van der Waals surface area contributed by atoms with E-state index in [9.17, 15) is 4.79 Å². The second kappa shape index (κ2) is 10.0. The molecule has 2 aliphatic heterocycles. The molecule has 0 spiro atoms. The molecule has 0 radical (unpaired) electrons. The van der Waals surface area contributed by atoms with Crippen LogP contribution in [0.15, 0.2) is 48.7 Å². The molecule has 0 aliphatic carbocycles. The summed E-state index contributed by atoms with van der Waals surface area (Å²) in [7, 11) is 1.89. The molecule has 1 aromatic heterocycles. The van der Waals surface area contributed by atoms with Gasteiger partial charge in [-0.2, -0.15) is 0 Å². The SMILES string of the molecule is CN(C(=O)c1ccc(OC2CCN(Cc3ccccn3)CC2)cc1)C1CCOCC1. The number of nitrogens with zero attached hydrogens (tertiary/aromatic N) is 3. The first-order chi connectivity index (χ1) is 14.7. The predicted octanol–water partition coefficient (Wildman–Crippen LogP) is 3.38. The number of carbonyl (C=O) groups excluding carboxylic acids is 1. The lowest BCUT2D eigenvalue weighted by Crippen LogP contribution is -2.40. The minimum Gasteiger partial charge on any atom is -0.490 e. The number of rotatable bonds is 6. The summed E-state index contributed by atoms with van der Waals surface area (Å²) < 4.78 is 11.6. The topological polar surface area (TPSA) is 54.9 Å². The third-order valence-electron chi connectivity index (χ3n) is 6.11. The molecule has 30 heavy (non-hydrogen) atoms. The fraction of sp³-hybridized carbons (Fsp3) is 0.500. The summed E-state index contributed by atoms with van der Waals surface area (Å²) in [6, 6.07) is 13.9. The monoisotopic (exact) mass is 409 g/mol. The van der Waals surface area contributed by atoms with Gasteiger partial charge in [0.15, 0.2) is 0 Å². The van der Waals surface area contributed by atoms with Crippen LogP contribution in [-0.2, 0) is 11.3 Å². The third-order valence-corrected chi connectivity index (χ3v) is 6.11. The van der Waals surface area contributed by atoms with E-state index >= 15 is 0 Å². The number of likely N-dealkylation sites (tertiary alicyclic amines) is 1. The van der Waals surface area contributed by atoms with E-state index in [1.165, 1.54) is 0 Å². The first-order valence-electron chi connectivity index (χ1n) is 10.9. The van der Waals surface area contributed by atoms with Gasteiger partial charge in [-0.1, -0.05) is 6.07 Å². The van der Waals surface area contributed by atoms with Gasteiger partial charge in [-0.05, 0) is 62.1 Å². The van der Waals surface area contributed by atoms with Crippen molar-refractivity contribution < 1.29 is 14.3 Å². The molecule has 2 saturated heterocycles. The van der Waals surface area contributed by atoms with E-state index in [-0.39, 0.29) is 18.1 Å². The minimum atomic E-state index is 0.0660.